The van der Waals surface area contributed by atoms with Crippen LogP contribution >= 0.6 is 0 Å². The average molecular weight is 425 g/mol. The molecule has 0 bridgehead atoms. The van der Waals surface area contributed by atoms with E-state index in [2.05, 4.69) is 16.2 Å². The van der Waals surface area contributed by atoms with E-state index in [1.807, 2.05) is 80.3 Å². The van der Waals surface area contributed by atoms with E-state index in [0.29, 0.717) is 25.2 Å². The highest BCUT2D eigenvalue weighted by atomic mass is 16.6. The van der Waals surface area contributed by atoms with Crippen LogP contribution in [-0.4, -0.2) is 41.6 Å². The fourth-order valence-electron chi connectivity index (χ4n) is 3.42. The van der Waals surface area contributed by atoms with E-state index in [9.17, 15) is 9.59 Å². The zero-order chi connectivity index (χ0) is 22.3. The molecule has 0 atom stereocenters. The molecule has 7 nitrogen and oxygen atoms in total. The molecule has 7 heteroatoms. The van der Waals surface area contributed by atoms with Gasteiger partial charge < -0.3 is 20.4 Å². The number of carbonyl (C=O) groups excluding carboxylic acids is 2. The number of hydrogen-bond acceptors (Lipinski definition) is 5. The van der Waals surface area contributed by atoms with E-state index in [1.165, 1.54) is 0 Å². The molecule has 1 aliphatic heterocycles. The molecule has 0 unspecified atom stereocenters. The summed E-state index contributed by atoms with van der Waals surface area (Å²) < 4.78 is 5.31. The summed E-state index contributed by atoms with van der Waals surface area (Å²) in [4.78, 5) is 26.6. The van der Waals surface area contributed by atoms with Crippen LogP contribution < -0.4 is 16.2 Å². The zero-order valence-electron chi connectivity index (χ0n) is 18.5. The number of likely N-dealkylation sites (tertiary alicyclic amines) is 1. The predicted molar refractivity (Wildman–Crippen MR) is 122 cm³/mol. The Hall–Kier alpha value is -3.06. The number of carbonyl (C=O) groups is 2. The van der Waals surface area contributed by atoms with Crippen LogP contribution in [0.1, 0.15) is 49.5 Å². The van der Waals surface area contributed by atoms with Crippen molar-refractivity contribution >= 4 is 17.7 Å². The van der Waals surface area contributed by atoms with Gasteiger partial charge >= 0.3 is 6.09 Å². The molecule has 1 heterocycles. The lowest BCUT2D eigenvalue weighted by atomic mass is 10.0. The van der Waals surface area contributed by atoms with Gasteiger partial charge in [-0.3, -0.25) is 4.79 Å². The largest absolute Gasteiger partial charge is 0.444 e. The fraction of sp³-hybridized carbons (Fsp3) is 0.417. The van der Waals surface area contributed by atoms with E-state index in [-0.39, 0.29) is 11.9 Å². The predicted octanol–water partition coefficient (Wildman–Crippen LogP) is 3.93. The third kappa shape index (κ3) is 7.29. The number of rotatable bonds is 6. The number of ether oxygens (including phenoxy) is 1. The number of hydrazine groups is 1. The molecule has 2 aromatic rings. The summed E-state index contributed by atoms with van der Waals surface area (Å²) in [5.41, 5.74) is 8.57. The van der Waals surface area contributed by atoms with Crippen LogP contribution in [0.3, 0.4) is 0 Å². The van der Waals surface area contributed by atoms with Crippen LogP contribution in [0.5, 0.6) is 0 Å². The summed E-state index contributed by atoms with van der Waals surface area (Å²) in [5.74, 6) is 0.0256. The Labute approximate surface area is 184 Å². The van der Waals surface area contributed by atoms with Gasteiger partial charge in [-0.25, -0.2) is 10.2 Å². The molecule has 0 spiro atoms. The van der Waals surface area contributed by atoms with Gasteiger partial charge in [0.05, 0.1) is 0 Å². The third-order valence-corrected chi connectivity index (χ3v) is 5.00. The lowest BCUT2D eigenvalue weighted by Gasteiger charge is -2.33. The quantitative estimate of drug-likeness (QED) is 0.612. The fourth-order valence-corrected chi connectivity index (χ4v) is 3.42. The zero-order valence-corrected chi connectivity index (χ0v) is 18.5. The maximum Gasteiger partial charge on any atom is 0.407 e. The average Bonchev–Trinajstić information content (AvgIpc) is 2.74. The van der Waals surface area contributed by atoms with E-state index in [1.54, 1.807) is 0 Å². The first kappa shape index (κ1) is 22.6. The molecule has 0 aliphatic carbocycles. The highest BCUT2D eigenvalue weighted by molar-refractivity contribution is 5.94. The molecule has 2 aromatic carbocycles. The monoisotopic (exact) mass is 424 g/mol. The minimum absolute atomic E-state index is 0.0256. The van der Waals surface area contributed by atoms with E-state index >= 15 is 0 Å². The maximum absolute atomic E-state index is 12.8. The number of piperidine rings is 1. The number of benzene rings is 2. The smallest absolute Gasteiger partial charge is 0.407 e. The maximum atomic E-state index is 12.8. The Bertz CT molecular complexity index is 855. The van der Waals surface area contributed by atoms with Gasteiger partial charge in [-0.2, -0.15) is 0 Å². The molecule has 1 saturated heterocycles. The number of para-hydroxylation sites is 1. The van der Waals surface area contributed by atoms with E-state index in [4.69, 9.17) is 4.74 Å². The Kier molecular flexibility index (Phi) is 7.52. The number of amides is 2. The van der Waals surface area contributed by atoms with Crippen LogP contribution in [0.2, 0.25) is 0 Å². The lowest BCUT2D eigenvalue weighted by Crippen LogP contribution is -2.47. The number of hydrogen-bond donors (Lipinski definition) is 3. The number of nitrogens with zero attached hydrogens (tertiary/aromatic N) is 1. The van der Waals surface area contributed by atoms with Crippen molar-refractivity contribution in [3.8, 4) is 0 Å². The summed E-state index contributed by atoms with van der Waals surface area (Å²) in [6.07, 6.45) is 1.04. The van der Waals surface area contributed by atoms with Crippen molar-refractivity contribution in [1.29, 1.82) is 0 Å². The summed E-state index contributed by atoms with van der Waals surface area (Å²) >= 11 is 0. The highest BCUT2D eigenvalue weighted by Gasteiger charge is 2.26. The molecule has 0 saturated carbocycles. The molecule has 0 radical (unpaired) electrons. The molecular formula is C24H32N4O3. The Morgan fingerprint density at radius 1 is 1.00 bits per heavy atom. The van der Waals surface area contributed by atoms with Gasteiger partial charge in [-0.1, -0.05) is 30.3 Å². The Morgan fingerprint density at radius 2 is 1.65 bits per heavy atom. The minimum atomic E-state index is -0.514. The molecule has 0 aromatic heterocycles. The number of nitrogens with one attached hydrogen (secondary N) is 3. The van der Waals surface area contributed by atoms with Crippen molar-refractivity contribution in [1.82, 2.24) is 15.6 Å². The van der Waals surface area contributed by atoms with Crippen molar-refractivity contribution in [2.45, 2.75) is 51.8 Å². The second-order valence-electron chi connectivity index (χ2n) is 8.75. The second-order valence-corrected chi connectivity index (χ2v) is 8.75. The Morgan fingerprint density at radius 3 is 2.26 bits per heavy atom. The summed E-state index contributed by atoms with van der Waals surface area (Å²) in [5, 5.41) is 2.90. The minimum Gasteiger partial charge on any atom is -0.444 e. The van der Waals surface area contributed by atoms with Gasteiger partial charge in [-0.15, -0.1) is 0 Å². The van der Waals surface area contributed by atoms with Gasteiger partial charge in [0.1, 0.15) is 5.60 Å². The first-order valence-corrected chi connectivity index (χ1v) is 10.7. The van der Waals surface area contributed by atoms with Crippen LogP contribution in [-0.2, 0) is 11.3 Å². The molecule has 2 amide bonds. The number of alkyl carbamates (subject to hydrolysis) is 1. The second kappa shape index (κ2) is 10.3. The normalized spacial score (nSPS) is 14.7. The van der Waals surface area contributed by atoms with Gasteiger partial charge in [0.25, 0.3) is 5.91 Å². The number of anilines is 1. The highest BCUT2D eigenvalue weighted by Crippen LogP contribution is 2.16. The molecular weight excluding hydrogens is 392 g/mol. The molecule has 1 fully saturated rings. The van der Waals surface area contributed by atoms with Crippen molar-refractivity contribution in [2.24, 2.45) is 0 Å². The van der Waals surface area contributed by atoms with Crippen LogP contribution in [0.25, 0.3) is 0 Å². The standard InChI is InChI=1S/C24H32N4O3/c1-24(2,3)31-23(30)26-20-13-15-28(16-14-20)22(29)19-11-9-18(10-12-19)17-25-27-21-7-5-4-6-8-21/h4-12,20,25,27H,13-17H2,1-3H3,(H,26,30). The van der Waals surface area contributed by atoms with Crippen molar-refractivity contribution in [3.63, 3.8) is 0 Å². The van der Waals surface area contributed by atoms with Crippen LogP contribution in [0, 0.1) is 0 Å². The van der Waals surface area contributed by atoms with Crippen molar-refractivity contribution < 1.29 is 14.3 Å². The topological polar surface area (TPSA) is 82.7 Å². The van der Waals surface area contributed by atoms with Gasteiger partial charge in [-0.05, 0) is 63.4 Å². The Balaban J connectivity index is 1.42. The van der Waals surface area contributed by atoms with Crippen LogP contribution in [0.15, 0.2) is 54.6 Å². The lowest BCUT2D eigenvalue weighted by molar-refractivity contribution is 0.0473. The first-order chi connectivity index (χ1) is 14.8. The van der Waals surface area contributed by atoms with Crippen molar-refractivity contribution in [2.75, 3.05) is 18.5 Å². The molecule has 3 N–H and O–H groups in total. The van der Waals surface area contributed by atoms with E-state index < -0.39 is 11.7 Å². The van der Waals surface area contributed by atoms with Gasteiger partial charge in [0, 0.05) is 36.9 Å². The third-order valence-electron chi connectivity index (χ3n) is 5.00. The van der Waals surface area contributed by atoms with Crippen LogP contribution in [0.4, 0.5) is 10.5 Å². The van der Waals surface area contributed by atoms with Gasteiger partial charge in [0.15, 0.2) is 0 Å². The summed E-state index contributed by atoms with van der Waals surface area (Å²) in [6, 6.07) is 17.6. The summed E-state index contributed by atoms with van der Waals surface area (Å²) in [6.45, 7) is 7.40. The molecule has 3 rings (SSSR count). The molecule has 1 aliphatic rings. The van der Waals surface area contributed by atoms with Gasteiger partial charge in [0.2, 0.25) is 0 Å². The molecule has 166 valence electrons. The molecule has 31 heavy (non-hydrogen) atoms. The first-order valence-electron chi connectivity index (χ1n) is 10.7. The summed E-state index contributed by atoms with van der Waals surface area (Å²) in [7, 11) is 0. The van der Waals surface area contributed by atoms with Crippen molar-refractivity contribution in [3.05, 3.63) is 65.7 Å². The van der Waals surface area contributed by atoms with E-state index in [0.717, 1.165) is 24.1 Å². The SMILES string of the molecule is CC(C)(C)OC(=O)NC1CCN(C(=O)c2ccc(CNNc3ccccc3)cc2)CC1.